The maximum absolute atomic E-state index is 13.3. The summed E-state index contributed by atoms with van der Waals surface area (Å²) in [4.78, 5) is 19.2. The van der Waals surface area contributed by atoms with E-state index in [9.17, 15) is 14.6 Å². The third-order valence-electron chi connectivity index (χ3n) is 9.01. The maximum atomic E-state index is 13.3. The highest BCUT2D eigenvalue weighted by molar-refractivity contribution is 6.03. The molecule has 0 fully saturated rings. The summed E-state index contributed by atoms with van der Waals surface area (Å²) in [6, 6.07) is 27.2. The molecule has 0 saturated carbocycles. The van der Waals surface area contributed by atoms with Crippen molar-refractivity contribution in [1.29, 1.82) is 0 Å². The first-order valence-corrected chi connectivity index (χ1v) is 18.1. The molecule has 0 unspecified atom stereocenters. The molecule has 0 aliphatic heterocycles. The molecule has 278 valence electrons. The first kappa shape index (κ1) is 38.6. The number of H-pyrrole nitrogens is 2. The average molecular weight is 721 g/mol. The molecule has 0 spiro atoms. The van der Waals surface area contributed by atoms with Gasteiger partial charge in [0.1, 0.15) is 30.5 Å². The zero-order valence-corrected chi connectivity index (χ0v) is 30.8. The van der Waals surface area contributed by atoms with Crippen molar-refractivity contribution >= 4 is 45.6 Å². The van der Waals surface area contributed by atoms with Gasteiger partial charge in [-0.3, -0.25) is 9.98 Å². The van der Waals surface area contributed by atoms with Crippen molar-refractivity contribution in [2.24, 2.45) is 9.98 Å². The van der Waals surface area contributed by atoms with Gasteiger partial charge >= 0.3 is 0 Å². The Morgan fingerprint density at radius 2 is 1.06 bits per heavy atom. The van der Waals surface area contributed by atoms with E-state index >= 15 is 0 Å². The van der Waals surface area contributed by atoms with Gasteiger partial charge < -0.3 is 39.5 Å². The molecular weight excluding hydrogens is 671 g/mol. The van der Waals surface area contributed by atoms with Crippen LogP contribution in [-0.4, -0.2) is 94.9 Å². The number of hydrogen-bond acceptors (Lipinski definition) is 8. The van der Waals surface area contributed by atoms with Crippen LogP contribution in [-0.2, 0) is 0 Å². The summed E-state index contributed by atoms with van der Waals surface area (Å²) < 4.78 is 24.8. The fraction of sp³-hybridized carbons (Fsp3) is 0.286. The van der Waals surface area contributed by atoms with Crippen LogP contribution in [0.25, 0.3) is 21.8 Å². The van der Waals surface area contributed by atoms with Crippen molar-refractivity contribution < 1.29 is 24.1 Å². The summed E-state index contributed by atoms with van der Waals surface area (Å²) in [5.41, 5.74) is 4.20. The van der Waals surface area contributed by atoms with Crippen LogP contribution in [0, 0.1) is 5.82 Å². The van der Waals surface area contributed by atoms with Crippen LogP contribution in [0.2, 0.25) is 0 Å². The van der Waals surface area contributed by atoms with Gasteiger partial charge in [0.25, 0.3) is 0 Å². The molecule has 0 saturated heterocycles. The van der Waals surface area contributed by atoms with Crippen molar-refractivity contribution in [3.8, 4) is 23.3 Å². The highest BCUT2D eigenvalue weighted by atomic mass is 19.1. The predicted octanol–water partition coefficient (Wildman–Crippen LogP) is 8.83. The van der Waals surface area contributed by atoms with E-state index in [1.807, 2.05) is 72.8 Å². The molecule has 4 N–H and O–H groups in total. The third kappa shape index (κ3) is 10.7. The Morgan fingerprint density at radius 1 is 0.604 bits per heavy atom. The molecule has 2 aromatic heterocycles. The van der Waals surface area contributed by atoms with Crippen molar-refractivity contribution in [1.82, 2.24) is 19.8 Å². The van der Waals surface area contributed by atoms with Gasteiger partial charge in [-0.25, -0.2) is 4.39 Å². The van der Waals surface area contributed by atoms with Crippen LogP contribution in [0.15, 0.2) is 101 Å². The van der Waals surface area contributed by atoms with Gasteiger partial charge in [-0.1, -0.05) is 45.9 Å². The lowest BCUT2D eigenvalue weighted by Gasteiger charge is -2.17. The quantitative estimate of drug-likeness (QED) is 0.0742. The number of aromatic hydroxyl groups is 2. The van der Waals surface area contributed by atoms with Gasteiger partial charge in [-0.15, -0.1) is 0 Å². The van der Waals surface area contributed by atoms with Crippen LogP contribution >= 0.6 is 0 Å². The van der Waals surface area contributed by atoms with Crippen LogP contribution < -0.4 is 9.47 Å². The zero-order chi connectivity index (χ0) is 37.6. The normalized spacial score (nSPS) is 11.7. The van der Waals surface area contributed by atoms with Gasteiger partial charge in [0, 0.05) is 41.8 Å². The topological polar surface area (TPSA) is 122 Å². The molecule has 6 aromatic rings. The summed E-state index contributed by atoms with van der Waals surface area (Å²) in [5.74, 6) is 1.38. The molecule has 0 aliphatic rings. The molecule has 0 radical (unpaired) electrons. The number of ether oxygens (including phenoxy) is 2. The van der Waals surface area contributed by atoms with E-state index in [1.165, 1.54) is 12.1 Å². The van der Waals surface area contributed by atoms with Crippen molar-refractivity contribution in [3.63, 3.8) is 0 Å². The number of aromatic nitrogens is 2. The van der Waals surface area contributed by atoms with E-state index in [0.717, 1.165) is 73.0 Å². The summed E-state index contributed by atoms with van der Waals surface area (Å²) in [5, 5.41) is 21.8. The second-order valence-corrected chi connectivity index (χ2v) is 12.3. The van der Waals surface area contributed by atoms with E-state index in [-0.39, 0.29) is 17.6 Å². The van der Waals surface area contributed by atoms with Crippen molar-refractivity contribution in [2.75, 3.05) is 52.5 Å². The molecule has 0 aliphatic carbocycles. The fourth-order valence-electron chi connectivity index (χ4n) is 5.79. The minimum atomic E-state index is -0.358. The summed E-state index contributed by atoms with van der Waals surface area (Å²) in [6.45, 7) is 15.8. The molecule has 0 amide bonds. The van der Waals surface area contributed by atoms with Gasteiger partial charge in [0.15, 0.2) is 11.8 Å². The first-order valence-electron chi connectivity index (χ1n) is 18.1. The lowest BCUT2D eigenvalue weighted by Crippen LogP contribution is -2.27. The van der Waals surface area contributed by atoms with Gasteiger partial charge in [-0.05, 0) is 99.0 Å². The number of rotatable bonds is 16. The van der Waals surface area contributed by atoms with Crippen LogP contribution in [0.5, 0.6) is 23.3 Å². The van der Waals surface area contributed by atoms with Crippen molar-refractivity contribution in [3.05, 3.63) is 108 Å². The summed E-state index contributed by atoms with van der Waals surface area (Å²) in [7, 11) is 0. The minimum Gasteiger partial charge on any atom is -0.494 e. The molecule has 0 bridgehead atoms. The van der Waals surface area contributed by atoms with Gasteiger partial charge in [0.05, 0.1) is 28.0 Å². The minimum absolute atomic E-state index is 0.0318. The SMILES string of the molecule is CCN(CC)CCOc1ccc(N=Cc2c(O)[nH]c3cc(F)ccc23)cc1.CCN(CC)CCOc1ccc(N=Cc2c(O)[nH]c3ccccc23)cc1. The van der Waals surface area contributed by atoms with Crippen LogP contribution in [0.3, 0.4) is 0 Å². The fourth-order valence-corrected chi connectivity index (χ4v) is 5.79. The smallest absolute Gasteiger partial charge is 0.198 e. The Morgan fingerprint density at radius 3 is 1.55 bits per heavy atom. The number of aromatic amines is 2. The zero-order valence-electron chi connectivity index (χ0n) is 30.8. The number of benzene rings is 4. The highest BCUT2D eigenvalue weighted by Gasteiger charge is 2.10. The summed E-state index contributed by atoms with van der Waals surface area (Å²) >= 11 is 0. The number of halogens is 1. The average Bonchev–Trinajstić information content (AvgIpc) is 3.67. The van der Waals surface area contributed by atoms with E-state index in [4.69, 9.17) is 9.47 Å². The van der Waals surface area contributed by atoms with Crippen LogP contribution in [0.4, 0.5) is 15.8 Å². The molecule has 0 atom stereocenters. The molecule has 2 heterocycles. The Bertz CT molecular complexity index is 2080. The number of nitrogens with one attached hydrogen (secondary N) is 2. The molecule has 11 heteroatoms. The number of hydrogen-bond donors (Lipinski definition) is 4. The number of aliphatic imine (C=N–C) groups is 2. The maximum Gasteiger partial charge on any atom is 0.198 e. The number of nitrogens with zero attached hydrogens (tertiary/aromatic N) is 4. The van der Waals surface area contributed by atoms with E-state index in [0.29, 0.717) is 35.2 Å². The Labute approximate surface area is 310 Å². The standard InChI is InChI=1S/C21H24FN3O2.C21H25N3O2/c1-3-25(4-2)11-12-27-17-8-6-16(7-9-17)23-14-19-18-10-5-15(22)13-20(18)24-21(19)26;1-3-24(4-2)13-14-26-17-11-9-16(10-12-17)22-15-19-18-7-5-6-8-20(18)23-21(19)25/h5-10,13-14,24,26H,3-4,11-12H2,1-2H3;5-12,15,23,25H,3-4,13-14H2,1-2H3. The second-order valence-electron chi connectivity index (χ2n) is 12.3. The largest absolute Gasteiger partial charge is 0.494 e. The lowest BCUT2D eigenvalue weighted by molar-refractivity contribution is 0.223. The number of para-hydroxylation sites is 1. The monoisotopic (exact) mass is 720 g/mol. The first-order chi connectivity index (χ1) is 25.8. The molecule has 53 heavy (non-hydrogen) atoms. The number of fused-ring (bicyclic) bond motifs is 2. The Balaban J connectivity index is 0.000000204. The van der Waals surface area contributed by atoms with E-state index in [1.54, 1.807) is 18.5 Å². The molecule has 10 nitrogen and oxygen atoms in total. The van der Waals surface area contributed by atoms with Crippen molar-refractivity contribution in [2.45, 2.75) is 27.7 Å². The van der Waals surface area contributed by atoms with E-state index < -0.39 is 0 Å². The van der Waals surface area contributed by atoms with E-state index in [2.05, 4.69) is 57.4 Å². The van der Waals surface area contributed by atoms with Gasteiger partial charge in [0.2, 0.25) is 0 Å². The molecule has 6 rings (SSSR count). The predicted molar refractivity (Wildman–Crippen MR) is 214 cm³/mol. The molecule has 4 aromatic carbocycles. The Kier molecular flexibility index (Phi) is 14.0. The number of likely N-dealkylation sites (N-methyl/N-ethyl adjacent to an activating group) is 2. The van der Waals surface area contributed by atoms with Crippen LogP contribution in [0.1, 0.15) is 38.8 Å². The Hall–Kier alpha value is -5.65. The lowest BCUT2D eigenvalue weighted by atomic mass is 10.2. The summed E-state index contributed by atoms with van der Waals surface area (Å²) in [6.07, 6.45) is 3.26. The highest BCUT2D eigenvalue weighted by Crippen LogP contribution is 2.28. The molecular formula is C42H49FN6O4. The van der Waals surface area contributed by atoms with Gasteiger partial charge in [-0.2, -0.15) is 0 Å². The second kappa shape index (κ2) is 19.3. The third-order valence-corrected chi connectivity index (χ3v) is 9.01.